The number of nitrogens with one attached hydrogen (secondary N) is 1. The molecule has 1 aromatic heterocycles. The van der Waals surface area contributed by atoms with Crippen LogP contribution in [-0.2, 0) is 11.3 Å². The highest BCUT2D eigenvalue weighted by molar-refractivity contribution is 6.19. The maximum Gasteiger partial charge on any atom is 0.573 e. The van der Waals surface area contributed by atoms with Crippen molar-refractivity contribution in [1.82, 2.24) is 9.88 Å². The molecule has 1 aliphatic rings. The van der Waals surface area contributed by atoms with E-state index in [9.17, 15) is 27.6 Å². The van der Waals surface area contributed by atoms with Crippen LogP contribution in [0.25, 0.3) is 0 Å². The van der Waals surface area contributed by atoms with E-state index in [4.69, 9.17) is 0 Å². The van der Waals surface area contributed by atoms with Crippen LogP contribution in [0.5, 0.6) is 5.75 Å². The summed E-state index contributed by atoms with van der Waals surface area (Å²) >= 11 is 0. The summed E-state index contributed by atoms with van der Waals surface area (Å²) in [5, 5.41) is 2.75. The Hall–Kier alpha value is -4.41. The summed E-state index contributed by atoms with van der Waals surface area (Å²) in [4.78, 5) is 44.3. The minimum Gasteiger partial charge on any atom is -0.406 e. The monoisotopic (exact) mass is 470 g/mol. The summed E-state index contributed by atoms with van der Waals surface area (Å²) in [6.07, 6.45) is -2.02. The lowest BCUT2D eigenvalue weighted by Gasteiger charge is -2.19. The Balaban J connectivity index is 1.49. The average Bonchev–Trinajstić information content (AvgIpc) is 3.07. The molecule has 1 fully saturated rings. The van der Waals surface area contributed by atoms with Crippen molar-refractivity contribution in [3.63, 3.8) is 0 Å². The lowest BCUT2D eigenvalue weighted by molar-refractivity contribution is -0.274. The number of hydrogen-bond donors (Lipinski definition) is 1. The van der Waals surface area contributed by atoms with Crippen LogP contribution in [0.4, 0.5) is 29.3 Å². The van der Waals surface area contributed by atoms with E-state index in [1.165, 1.54) is 29.4 Å². The minimum atomic E-state index is -4.85. The Morgan fingerprint density at radius 3 is 2.41 bits per heavy atom. The van der Waals surface area contributed by atoms with Gasteiger partial charge in [-0.15, -0.1) is 13.2 Å². The first-order valence-corrected chi connectivity index (χ1v) is 9.98. The Morgan fingerprint density at radius 2 is 1.74 bits per heavy atom. The first-order chi connectivity index (χ1) is 16.2. The van der Waals surface area contributed by atoms with E-state index in [2.05, 4.69) is 15.0 Å². The molecule has 0 spiro atoms. The number of urea groups is 1. The number of carbonyl (C=O) groups is 3. The van der Waals surface area contributed by atoms with E-state index < -0.39 is 30.0 Å². The van der Waals surface area contributed by atoms with E-state index in [0.717, 1.165) is 17.0 Å². The maximum absolute atomic E-state index is 12.9. The number of nitrogens with zero attached hydrogens (tertiary/aromatic N) is 3. The normalized spacial score (nSPS) is 13.9. The molecular weight excluding hydrogens is 453 g/mol. The van der Waals surface area contributed by atoms with Crippen molar-refractivity contribution >= 4 is 29.2 Å². The van der Waals surface area contributed by atoms with Crippen molar-refractivity contribution in [3.8, 4) is 5.75 Å². The van der Waals surface area contributed by atoms with Gasteiger partial charge in [-0.1, -0.05) is 18.2 Å². The van der Waals surface area contributed by atoms with Crippen LogP contribution in [0.2, 0.25) is 0 Å². The minimum absolute atomic E-state index is 0.0452. The number of alkyl halides is 3. The van der Waals surface area contributed by atoms with Gasteiger partial charge in [0.1, 0.15) is 12.3 Å². The van der Waals surface area contributed by atoms with Crippen LogP contribution in [0, 0.1) is 0 Å². The molecular formula is C23H17F3N4O4. The molecule has 0 bridgehead atoms. The van der Waals surface area contributed by atoms with Gasteiger partial charge in [-0.05, 0) is 48.0 Å². The zero-order valence-corrected chi connectivity index (χ0v) is 17.5. The topological polar surface area (TPSA) is 91.8 Å². The van der Waals surface area contributed by atoms with E-state index >= 15 is 0 Å². The molecule has 3 aromatic rings. The molecule has 34 heavy (non-hydrogen) atoms. The number of rotatable bonds is 6. The van der Waals surface area contributed by atoms with Crippen molar-refractivity contribution < 1.29 is 32.3 Å². The second kappa shape index (κ2) is 9.22. The number of para-hydroxylation sites is 1. The van der Waals surface area contributed by atoms with Gasteiger partial charge >= 0.3 is 12.4 Å². The number of ether oxygens (including phenoxy) is 1. The number of benzene rings is 2. The molecule has 11 heteroatoms. The molecule has 0 aliphatic carbocycles. The first-order valence-electron chi connectivity index (χ1n) is 9.98. The highest BCUT2D eigenvalue weighted by atomic mass is 19.4. The number of carbonyl (C=O) groups excluding carboxylic acids is 3. The smallest absolute Gasteiger partial charge is 0.406 e. The molecule has 4 amide bonds. The second-order valence-corrected chi connectivity index (χ2v) is 7.26. The molecule has 0 atom stereocenters. The molecule has 0 saturated carbocycles. The van der Waals surface area contributed by atoms with E-state index in [-0.39, 0.29) is 24.3 Å². The summed E-state index contributed by atoms with van der Waals surface area (Å²) < 4.78 is 40.9. The molecule has 8 nitrogen and oxygen atoms in total. The fourth-order valence-corrected chi connectivity index (χ4v) is 3.42. The zero-order chi connectivity index (χ0) is 24.3. The van der Waals surface area contributed by atoms with Crippen LogP contribution >= 0.6 is 0 Å². The fourth-order valence-electron chi connectivity index (χ4n) is 3.42. The Bertz CT molecular complexity index is 1220. The molecule has 2 heterocycles. The van der Waals surface area contributed by atoms with Gasteiger partial charge in [-0.25, -0.2) is 9.69 Å². The predicted octanol–water partition coefficient (Wildman–Crippen LogP) is 4.20. The van der Waals surface area contributed by atoms with Crippen molar-refractivity contribution in [1.29, 1.82) is 0 Å². The maximum atomic E-state index is 12.9. The number of hydrogen-bond acceptors (Lipinski definition) is 5. The summed E-state index contributed by atoms with van der Waals surface area (Å²) in [5.41, 5.74) is 1.39. The SMILES string of the molecule is O=C(Nc1ccccc1)c1cnccc1CN1CC(=O)N(c2ccc(OC(F)(F)F)cc2)C1=O. The third-order valence-corrected chi connectivity index (χ3v) is 4.91. The van der Waals surface area contributed by atoms with E-state index in [1.807, 2.05) is 6.07 Å². The highest BCUT2D eigenvalue weighted by Crippen LogP contribution is 2.28. The van der Waals surface area contributed by atoms with Crippen LogP contribution in [0.15, 0.2) is 73.1 Å². The molecule has 1 N–H and O–H groups in total. The number of anilines is 2. The molecule has 4 rings (SSSR count). The van der Waals surface area contributed by atoms with Crippen molar-refractivity contribution in [2.45, 2.75) is 12.9 Å². The molecule has 0 unspecified atom stereocenters. The molecule has 1 saturated heterocycles. The van der Waals surface area contributed by atoms with Gasteiger partial charge < -0.3 is 15.0 Å². The van der Waals surface area contributed by atoms with Crippen molar-refractivity contribution in [2.24, 2.45) is 0 Å². The van der Waals surface area contributed by atoms with Gasteiger partial charge in [-0.2, -0.15) is 0 Å². The standard InChI is InChI=1S/C23H17F3N4O4/c24-23(25,26)34-18-8-6-17(7-9-18)30-20(31)14-29(22(30)33)13-15-10-11-27-12-19(15)21(32)28-16-4-2-1-3-5-16/h1-12H,13-14H2,(H,28,32). The average molecular weight is 470 g/mol. The van der Waals surface area contributed by atoms with E-state index in [1.54, 1.807) is 30.3 Å². The van der Waals surface area contributed by atoms with Crippen molar-refractivity contribution in [2.75, 3.05) is 16.8 Å². The van der Waals surface area contributed by atoms with Gasteiger partial charge in [0.25, 0.3) is 11.8 Å². The van der Waals surface area contributed by atoms with Gasteiger partial charge in [0.2, 0.25) is 0 Å². The quantitative estimate of drug-likeness (QED) is 0.546. The molecule has 174 valence electrons. The van der Waals surface area contributed by atoms with Gasteiger partial charge in [0, 0.05) is 24.6 Å². The third-order valence-electron chi connectivity index (χ3n) is 4.91. The summed E-state index contributed by atoms with van der Waals surface area (Å²) in [5.74, 6) is -1.46. The Morgan fingerprint density at radius 1 is 1.03 bits per heavy atom. The van der Waals surface area contributed by atoms with Crippen LogP contribution < -0.4 is 15.0 Å². The second-order valence-electron chi connectivity index (χ2n) is 7.26. The van der Waals surface area contributed by atoms with Crippen LogP contribution in [0.3, 0.4) is 0 Å². The van der Waals surface area contributed by atoms with Crippen LogP contribution in [0.1, 0.15) is 15.9 Å². The number of amides is 4. The van der Waals surface area contributed by atoms with Crippen molar-refractivity contribution in [3.05, 3.63) is 84.2 Å². The predicted molar refractivity (Wildman–Crippen MR) is 115 cm³/mol. The summed E-state index contributed by atoms with van der Waals surface area (Å²) in [7, 11) is 0. The fraction of sp³-hybridized carbons (Fsp3) is 0.130. The largest absolute Gasteiger partial charge is 0.573 e. The summed E-state index contributed by atoms with van der Waals surface area (Å²) in [6, 6.07) is 14.1. The number of pyridine rings is 1. The Kier molecular flexibility index (Phi) is 6.17. The van der Waals surface area contributed by atoms with Gasteiger partial charge in [0.05, 0.1) is 11.3 Å². The molecule has 0 radical (unpaired) electrons. The molecule has 1 aliphatic heterocycles. The highest BCUT2D eigenvalue weighted by Gasteiger charge is 2.38. The number of imide groups is 1. The van der Waals surface area contributed by atoms with E-state index in [0.29, 0.717) is 11.3 Å². The number of halogens is 3. The lowest BCUT2D eigenvalue weighted by atomic mass is 10.1. The van der Waals surface area contributed by atoms with Gasteiger partial charge in [-0.3, -0.25) is 14.6 Å². The Labute approximate surface area is 191 Å². The third kappa shape index (κ3) is 5.14. The number of aromatic nitrogens is 1. The van der Waals surface area contributed by atoms with Crippen LogP contribution in [-0.4, -0.2) is 40.6 Å². The van der Waals surface area contributed by atoms with Gasteiger partial charge in [0.15, 0.2) is 0 Å². The first kappa shape index (κ1) is 22.8. The zero-order valence-electron chi connectivity index (χ0n) is 17.5. The molecule has 2 aromatic carbocycles. The summed E-state index contributed by atoms with van der Waals surface area (Å²) in [6.45, 7) is -0.307. The lowest BCUT2D eigenvalue weighted by Crippen LogP contribution is -2.33.